The summed E-state index contributed by atoms with van der Waals surface area (Å²) in [5, 5.41) is 13.2. The van der Waals surface area contributed by atoms with Crippen molar-refractivity contribution in [2.75, 3.05) is 11.9 Å². The second kappa shape index (κ2) is 10.5. The van der Waals surface area contributed by atoms with Crippen molar-refractivity contribution >= 4 is 39.2 Å². The number of amides is 1. The summed E-state index contributed by atoms with van der Waals surface area (Å²) < 4.78 is 21.3. The summed E-state index contributed by atoms with van der Waals surface area (Å²) >= 11 is 1.52. The Labute approximate surface area is 205 Å². The molecule has 0 aliphatic carbocycles. The number of halogens is 1. The second-order valence-corrected chi connectivity index (χ2v) is 9.16. The fourth-order valence-electron chi connectivity index (χ4n) is 3.72. The van der Waals surface area contributed by atoms with Crippen LogP contribution < -0.4 is 5.32 Å². The van der Waals surface area contributed by atoms with E-state index in [1.54, 1.807) is 23.6 Å². The van der Waals surface area contributed by atoms with Crippen molar-refractivity contribution in [1.82, 2.24) is 9.55 Å². The molecule has 35 heavy (non-hydrogen) atoms. The molecule has 1 N–H and O–H groups in total. The summed E-state index contributed by atoms with van der Waals surface area (Å²) in [6, 6.07) is 15.9. The molecule has 178 valence electrons. The highest BCUT2D eigenvalue weighted by Gasteiger charge is 2.20. The van der Waals surface area contributed by atoms with Gasteiger partial charge in [-0.1, -0.05) is 24.3 Å². The van der Waals surface area contributed by atoms with Gasteiger partial charge < -0.3 is 14.6 Å². The number of anilines is 1. The van der Waals surface area contributed by atoms with E-state index in [0.717, 1.165) is 32.0 Å². The number of aryl methyl sites for hydroxylation is 1. The predicted molar refractivity (Wildman–Crippen MR) is 132 cm³/mol. The number of rotatable bonds is 8. The van der Waals surface area contributed by atoms with Gasteiger partial charge in [0.05, 0.1) is 27.2 Å². The van der Waals surface area contributed by atoms with Crippen LogP contribution in [0.15, 0.2) is 48.5 Å². The Morgan fingerprint density at radius 1 is 1.17 bits per heavy atom. The lowest BCUT2D eigenvalue weighted by Gasteiger charge is -2.13. The fraction of sp³-hybridized carbons (Fsp3) is 0.231. The number of aromatic nitrogens is 2. The van der Waals surface area contributed by atoms with E-state index in [9.17, 15) is 19.2 Å². The highest BCUT2D eigenvalue weighted by molar-refractivity contribution is 7.18. The molecule has 0 fully saturated rings. The third-order valence-electron chi connectivity index (χ3n) is 5.70. The third kappa shape index (κ3) is 5.55. The Bertz CT molecular complexity index is 1400. The van der Waals surface area contributed by atoms with E-state index in [2.05, 4.69) is 16.4 Å². The Kier molecular flexibility index (Phi) is 7.22. The van der Waals surface area contributed by atoms with Crippen LogP contribution in [0.25, 0.3) is 10.2 Å². The number of nitrogens with zero attached hydrogens (tertiary/aromatic N) is 3. The van der Waals surface area contributed by atoms with Crippen molar-refractivity contribution in [2.45, 2.75) is 33.2 Å². The molecule has 0 aliphatic heterocycles. The van der Waals surface area contributed by atoms with Gasteiger partial charge in [0.25, 0.3) is 5.91 Å². The minimum Gasteiger partial charge on any atom is -0.456 e. The predicted octanol–water partition coefficient (Wildman–Crippen LogP) is 4.89. The van der Waals surface area contributed by atoms with Gasteiger partial charge in [-0.3, -0.25) is 9.59 Å². The number of esters is 1. The first-order valence-corrected chi connectivity index (χ1v) is 11.8. The fourth-order valence-corrected chi connectivity index (χ4v) is 4.69. The molecule has 2 heterocycles. The van der Waals surface area contributed by atoms with Gasteiger partial charge >= 0.3 is 5.97 Å². The normalized spacial score (nSPS) is 10.8. The molecule has 9 heteroatoms. The highest BCUT2D eigenvalue weighted by atomic mass is 32.1. The summed E-state index contributed by atoms with van der Waals surface area (Å²) in [4.78, 5) is 29.3. The molecule has 0 saturated carbocycles. The maximum atomic E-state index is 13.3. The molecule has 4 aromatic rings. The molecule has 0 atom stereocenters. The first-order chi connectivity index (χ1) is 16.9. The van der Waals surface area contributed by atoms with E-state index in [1.807, 2.05) is 31.2 Å². The number of nitriles is 1. The van der Waals surface area contributed by atoms with Gasteiger partial charge in [-0.2, -0.15) is 5.26 Å². The molecule has 7 nitrogen and oxygen atoms in total. The summed E-state index contributed by atoms with van der Waals surface area (Å²) in [5.41, 5.74) is 3.57. The number of hydrogen-bond donors (Lipinski definition) is 1. The maximum absolute atomic E-state index is 13.3. The van der Waals surface area contributed by atoms with Crippen LogP contribution in [-0.2, 0) is 27.3 Å². The minimum absolute atomic E-state index is 0.107. The standard InChI is InChI=1S/C26H23FN4O3S/c1-16-17(2)31(14-18-7-9-19(27)10-8-18)26(20(16)13-28)30-23(32)15-34-25(33)12-11-24-29-21-5-3-4-6-22(21)35-24/h3-10H,11-12,14-15H2,1-2H3,(H,30,32). The minimum atomic E-state index is -0.548. The van der Waals surface area contributed by atoms with E-state index in [1.165, 1.54) is 23.5 Å². The van der Waals surface area contributed by atoms with Crippen molar-refractivity contribution in [3.8, 4) is 6.07 Å². The summed E-state index contributed by atoms with van der Waals surface area (Å²) in [5.74, 6) is -1.07. The van der Waals surface area contributed by atoms with Crippen molar-refractivity contribution in [1.29, 1.82) is 5.26 Å². The quantitative estimate of drug-likeness (QED) is 0.355. The Balaban J connectivity index is 1.37. The number of carbonyl (C=O) groups is 2. The van der Waals surface area contributed by atoms with Crippen molar-refractivity contribution in [3.05, 3.63) is 81.7 Å². The van der Waals surface area contributed by atoms with E-state index < -0.39 is 18.5 Å². The van der Waals surface area contributed by atoms with Crippen LogP contribution >= 0.6 is 11.3 Å². The van der Waals surface area contributed by atoms with Gasteiger partial charge in [-0.05, 0) is 49.2 Å². The molecular formula is C26H23FN4O3S. The first-order valence-electron chi connectivity index (χ1n) is 11.0. The number of hydrogen-bond acceptors (Lipinski definition) is 6. The Hall–Kier alpha value is -4.03. The zero-order chi connectivity index (χ0) is 24.9. The summed E-state index contributed by atoms with van der Waals surface area (Å²) in [6.45, 7) is 3.51. The van der Waals surface area contributed by atoms with Gasteiger partial charge in [-0.25, -0.2) is 9.37 Å². The Morgan fingerprint density at radius 3 is 2.63 bits per heavy atom. The summed E-state index contributed by atoms with van der Waals surface area (Å²) in [7, 11) is 0. The van der Waals surface area contributed by atoms with Gasteiger partial charge in [0, 0.05) is 18.7 Å². The number of carbonyl (C=O) groups excluding carboxylic acids is 2. The molecule has 1 amide bonds. The number of ether oxygens (including phenoxy) is 1. The maximum Gasteiger partial charge on any atom is 0.306 e. The van der Waals surface area contributed by atoms with Crippen LogP contribution in [0.5, 0.6) is 0 Å². The molecule has 0 saturated heterocycles. The molecule has 0 spiro atoms. The largest absolute Gasteiger partial charge is 0.456 e. The molecule has 4 rings (SSSR count). The second-order valence-electron chi connectivity index (χ2n) is 8.04. The first kappa shape index (κ1) is 24.1. The van der Waals surface area contributed by atoms with Crippen LogP contribution in [0.1, 0.15) is 33.8 Å². The van der Waals surface area contributed by atoms with Gasteiger partial charge in [0.1, 0.15) is 17.7 Å². The lowest BCUT2D eigenvalue weighted by atomic mass is 10.2. The zero-order valence-electron chi connectivity index (χ0n) is 19.3. The van der Waals surface area contributed by atoms with Crippen molar-refractivity contribution in [3.63, 3.8) is 0 Å². The van der Waals surface area contributed by atoms with Gasteiger partial charge in [0.15, 0.2) is 6.61 Å². The highest BCUT2D eigenvalue weighted by Crippen LogP contribution is 2.27. The van der Waals surface area contributed by atoms with E-state index >= 15 is 0 Å². The SMILES string of the molecule is Cc1c(C#N)c(NC(=O)COC(=O)CCc2nc3ccccc3s2)n(Cc2ccc(F)cc2)c1C. The molecule has 2 aromatic carbocycles. The summed E-state index contributed by atoms with van der Waals surface area (Å²) in [6.07, 6.45) is 0.535. The lowest BCUT2D eigenvalue weighted by molar-refractivity contribution is -0.147. The monoisotopic (exact) mass is 490 g/mol. The van der Waals surface area contributed by atoms with Crippen LogP contribution in [0, 0.1) is 31.0 Å². The molecule has 0 bridgehead atoms. The lowest BCUT2D eigenvalue weighted by Crippen LogP contribution is -2.23. The van der Waals surface area contributed by atoms with Crippen LogP contribution in [0.4, 0.5) is 10.2 Å². The zero-order valence-corrected chi connectivity index (χ0v) is 20.1. The van der Waals surface area contributed by atoms with Crippen LogP contribution in [0.2, 0.25) is 0 Å². The van der Waals surface area contributed by atoms with Crippen LogP contribution in [-0.4, -0.2) is 28.0 Å². The molecular weight excluding hydrogens is 467 g/mol. The van der Waals surface area contributed by atoms with E-state index in [4.69, 9.17) is 4.74 Å². The van der Waals surface area contributed by atoms with Gasteiger partial charge in [0.2, 0.25) is 0 Å². The average Bonchev–Trinajstić information content (AvgIpc) is 3.37. The smallest absolute Gasteiger partial charge is 0.306 e. The van der Waals surface area contributed by atoms with Gasteiger partial charge in [-0.15, -0.1) is 11.3 Å². The van der Waals surface area contributed by atoms with E-state index in [0.29, 0.717) is 24.3 Å². The number of fused-ring (bicyclic) bond motifs is 1. The van der Waals surface area contributed by atoms with E-state index in [-0.39, 0.29) is 12.2 Å². The van der Waals surface area contributed by atoms with Crippen LogP contribution in [0.3, 0.4) is 0 Å². The average molecular weight is 491 g/mol. The molecule has 0 radical (unpaired) electrons. The van der Waals surface area contributed by atoms with Crippen molar-refractivity contribution < 1.29 is 18.7 Å². The Morgan fingerprint density at radius 2 is 1.91 bits per heavy atom. The topological polar surface area (TPSA) is 97.0 Å². The number of nitrogens with one attached hydrogen (secondary N) is 1. The van der Waals surface area contributed by atoms with Crippen molar-refractivity contribution in [2.24, 2.45) is 0 Å². The number of para-hydroxylation sites is 1. The molecule has 0 aliphatic rings. The number of benzene rings is 2. The molecule has 2 aromatic heterocycles. The number of thiazole rings is 1. The third-order valence-corrected chi connectivity index (χ3v) is 6.79. The molecule has 0 unspecified atom stereocenters.